The van der Waals surface area contributed by atoms with Crippen molar-refractivity contribution in [3.8, 4) is 0 Å². The summed E-state index contributed by atoms with van der Waals surface area (Å²) in [6.45, 7) is 1.98. The molecule has 50 valence electrons. The Labute approximate surface area is 61.6 Å². The van der Waals surface area contributed by atoms with Crippen LogP contribution in [0.2, 0.25) is 0 Å². The van der Waals surface area contributed by atoms with Crippen LogP contribution >= 0.6 is 15.9 Å². The molecule has 0 atom stereocenters. The summed E-state index contributed by atoms with van der Waals surface area (Å²) in [6, 6.07) is 0. The van der Waals surface area contributed by atoms with Gasteiger partial charge in [0.1, 0.15) is 0 Å². The second-order valence-corrected chi connectivity index (χ2v) is 2.15. The van der Waals surface area contributed by atoms with Gasteiger partial charge in [0.05, 0.1) is 5.33 Å². The summed E-state index contributed by atoms with van der Waals surface area (Å²) in [5.41, 5.74) is 0. The maximum atomic E-state index is 4.81. The predicted octanol–water partition coefficient (Wildman–Crippen LogP) is 1.53. The molecule has 9 heavy (non-hydrogen) atoms. The Morgan fingerprint density at radius 3 is 2.78 bits per heavy atom. The first kappa shape index (κ1) is 6.74. The van der Waals surface area contributed by atoms with Crippen LogP contribution in [0.4, 0.5) is 0 Å². The van der Waals surface area contributed by atoms with E-state index in [9.17, 15) is 0 Å². The number of aryl methyl sites for hydroxylation is 1. The zero-order valence-electron chi connectivity index (χ0n) is 5.09. The summed E-state index contributed by atoms with van der Waals surface area (Å²) in [7, 11) is 0. The molecule has 3 nitrogen and oxygen atoms in total. The minimum atomic E-state index is 0.663. The van der Waals surface area contributed by atoms with Gasteiger partial charge in [-0.3, -0.25) is 0 Å². The van der Waals surface area contributed by atoms with Crippen molar-refractivity contribution in [2.75, 3.05) is 0 Å². The summed E-state index contributed by atoms with van der Waals surface area (Å²) < 4.78 is 4.81. The maximum absolute atomic E-state index is 4.81. The van der Waals surface area contributed by atoms with E-state index in [0.29, 0.717) is 17.0 Å². The first-order chi connectivity index (χ1) is 4.36. The monoisotopic (exact) mass is 190 g/mol. The molecule has 0 aliphatic heterocycles. The van der Waals surface area contributed by atoms with Gasteiger partial charge in [-0.25, -0.2) is 0 Å². The topological polar surface area (TPSA) is 38.9 Å². The van der Waals surface area contributed by atoms with Gasteiger partial charge in [0, 0.05) is 6.42 Å². The highest BCUT2D eigenvalue weighted by molar-refractivity contribution is 9.08. The average molecular weight is 191 g/mol. The van der Waals surface area contributed by atoms with E-state index in [4.69, 9.17) is 4.52 Å². The molecule has 0 radical (unpaired) electrons. The lowest BCUT2D eigenvalue weighted by Gasteiger charge is -1.76. The molecule has 0 aromatic carbocycles. The molecule has 0 fully saturated rings. The fraction of sp³-hybridized carbons (Fsp3) is 0.600. The van der Waals surface area contributed by atoms with Gasteiger partial charge in [0.25, 0.3) is 0 Å². The Kier molecular flexibility index (Phi) is 2.22. The lowest BCUT2D eigenvalue weighted by Crippen LogP contribution is -1.80. The highest BCUT2D eigenvalue weighted by Crippen LogP contribution is 2.00. The molecule has 0 unspecified atom stereocenters. The normalized spacial score (nSPS) is 10.0. The van der Waals surface area contributed by atoms with Gasteiger partial charge in [-0.2, -0.15) is 4.98 Å². The van der Waals surface area contributed by atoms with E-state index in [1.165, 1.54) is 0 Å². The molecule has 4 heteroatoms. The highest BCUT2D eigenvalue weighted by atomic mass is 79.9. The van der Waals surface area contributed by atoms with Crippen molar-refractivity contribution >= 4 is 15.9 Å². The number of nitrogens with zero attached hydrogens (tertiary/aromatic N) is 2. The molecule has 0 aliphatic carbocycles. The van der Waals surface area contributed by atoms with Crippen molar-refractivity contribution in [2.24, 2.45) is 0 Å². The molecule has 0 spiro atoms. The quantitative estimate of drug-likeness (QED) is 0.665. The minimum Gasteiger partial charge on any atom is -0.339 e. The predicted molar refractivity (Wildman–Crippen MR) is 36.3 cm³/mol. The molecule has 1 rings (SSSR count). The van der Waals surface area contributed by atoms with Crippen LogP contribution < -0.4 is 0 Å². The van der Waals surface area contributed by atoms with Crippen LogP contribution in [-0.4, -0.2) is 10.1 Å². The number of rotatable bonds is 2. The fourth-order valence-corrected chi connectivity index (χ4v) is 0.716. The molecule has 1 aromatic heterocycles. The molecule has 1 aromatic rings. The van der Waals surface area contributed by atoms with Gasteiger partial charge >= 0.3 is 0 Å². The smallest absolute Gasteiger partial charge is 0.226 e. The van der Waals surface area contributed by atoms with Crippen molar-refractivity contribution in [3.63, 3.8) is 0 Å². The molecule has 0 aliphatic rings. The molecule has 0 bridgehead atoms. The molecule has 0 saturated carbocycles. The van der Waals surface area contributed by atoms with Crippen molar-refractivity contribution in [1.82, 2.24) is 10.1 Å². The average Bonchev–Trinajstić information content (AvgIpc) is 2.34. The first-order valence-electron chi connectivity index (χ1n) is 2.74. The fourth-order valence-electron chi connectivity index (χ4n) is 0.488. The van der Waals surface area contributed by atoms with Crippen LogP contribution in [0.1, 0.15) is 18.6 Å². The van der Waals surface area contributed by atoms with E-state index >= 15 is 0 Å². The Morgan fingerprint density at radius 1 is 1.67 bits per heavy atom. The van der Waals surface area contributed by atoms with E-state index < -0.39 is 0 Å². The van der Waals surface area contributed by atoms with E-state index in [1.807, 2.05) is 6.92 Å². The van der Waals surface area contributed by atoms with Crippen molar-refractivity contribution in [2.45, 2.75) is 18.7 Å². The lowest BCUT2D eigenvalue weighted by molar-refractivity contribution is 0.378. The molecular weight excluding hydrogens is 184 g/mol. The summed E-state index contributed by atoms with van der Waals surface area (Å²) in [6.07, 6.45) is 0.806. The largest absolute Gasteiger partial charge is 0.339 e. The zero-order chi connectivity index (χ0) is 6.69. The van der Waals surface area contributed by atoms with Crippen LogP contribution in [0.25, 0.3) is 0 Å². The molecule has 0 N–H and O–H groups in total. The second-order valence-electron chi connectivity index (χ2n) is 1.59. The molecule has 0 saturated heterocycles. The SMILES string of the molecule is CCc1nc(CBr)no1. The summed E-state index contributed by atoms with van der Waals surface area (Å²) in [5.74, 6) is 1.41. The van der Waals surface area contributed by atoms with E-state index in [0.717, 1.165) is 6.42 Å². The maximum Gasteiger partial charge on any atom is 0.226 e. The number of halogens is 1. The van der Waals surface area contributed by atoms with Gasteiger partial charge in [0.2, 0.25) is 5.89 Å². The van der Waals surface area contributed by atoms with Crippen molar-refractivity contribution < 1.29 is 4.52 Å². The van der Waals surface area contributed by atoms with Crippen molar-refractivity contribution in [3.05, 3.63) is 11.7 Å². The van der Waals surface area contributed by atoms with Gasteiger partial charge in [0.15, 0.2) is 5.82 Å². The van der Waals surface area contributed by atoms with E-state index in [1.54, 1.807) is 0 Å². The summed E-state index contributed by atoms with van der Waals surface area (Å²) in [5, 5.41) is 4.34. The third kappa shape index (κ3) is 1.51. The van der Waals surface area contributed by atoms with Crippen LogP contribution in [0.3, 0.4) is 0 Å². The molecular formula is C5H7BrN2O. The van der Waals surface area contributed by atoms with Gasteiger partial charge < -0.3 is 4.52 Å². The Bertz CT molecular complexity index is 168. The van der Waals surface area contributed by atoms with Gasteiger partial charge in [-0.05, 0) is 0 Å². The number of aromatic nitrogens is 2. The number of hydrogen-bond acceptors (Lipinski definition) is 3. The van der Waals surface area contributed by atoms with Crippen LogP contribution in [0.5, 0.6) is 0 Å². The minimum absolute atomic E-state index is 0.663. The highest BCUT2D eigenvalue weighted by Gasteiger charge is 1.99. The summed E-state index contributed by atoms with van der Waals surface area (Å²) >= 11 is 3.21. The number of alkyl halides is 1. The Morgan fingerprint density at radius 2 is 2.44 bits per heavy atom. The Balaban J connectivity index is 2.74. The third-order valence-electron chi connectivity index (χ3n) is 0.932. The van der Waals surface area contributed by atoms with Crippen LogP contribution in [0, 0.1) is 0 Å². The second kappa shape index (κ2) is 2.96. The van der Waals surface area contributed by atoms with E-state index in [2.05, 4.69) is 26.1 Å². The number of hydrogen-bond donors (Lipinski definition) is 0. The lowest BCUT2D eigenvalue weighted by atomic mass is 10.5. The van der Waals surface area contributed by atoms with Crippen LogP contribution in [-0.2, 0) is 11.8 Å². The van der Waals surface area contributed by atoms with Crippen LogP contribution in [0.15, 0.2) is 4.52 Å². The van der Waals surface area contributed by atoms with Crippen molar-refractivity contribution in [1.29, 1.82) is 0 Å². The zero-order valence-corrected chi connectivity index (χ0v) is 6.68. The van der Waals surface area contributed by atoms with Gasteiger partial charge in [-0.1, -0.05) is 28.0 Å². The summed E-state index contributed by atoms with van der Waals surface area (Å²) in [4.78, 5) is 4.02. The molecule has 0 amide bonds. The van der Waals surface area contributed by atoms with E-state index in [-0.39, 0.29) is 0 Å². The first-order valence-corrected chi connectivity index (χ1v) is 3.86. The standard InChI is InChI=1S/C5H7BrN2O/c1-2-5-7-4(3-6)8-9-5/h2-3H2,1H3. The molecule has 1 heterocycles. The third-order valence-corrected chi connectivity index (χ3v) is 1.43. The Hall–Kier alpha value is -0.380. The van der Waals surface area contributed by atoms with Gasteiger partial charge in [-0.15, -0.1) is 0 Å².